The maximum atomic E-state index is 12.3. The van der Waals surface area contributed by atoms with Crippen LogP contribution in [0.25, 0.3) is 0 Å². The number of rotatable bonds is 3. The Labute approximate surface area is 137 Å². The van der Waals surface area contributed by atoms with Crippen molar-refractivity contribution in [1.29, 1.82) is 0 Å². The van der Waals surface area contributed by atoms with Gasteiger partial charge in [0.15, 0.2) is 0 Å². The van der Waals surface area contributed by atoms with Crippen molar-refractivity contribution in [3.8, 4) is 0 Å². The Morgan fingerprint density at radius 1 is 1.18 bits per heavy atom. The highest BCUT2D eigenvalue weighted by molar-refractivity contribution is 7.99. The highest BCUT2D eigenvalue weighted by Crippen LogP contribution is 2.24. The van der Waals surface area contributed by atoms with Crippen LogP contribution in [0, 0.1) is 0 Å². The van der Waals surface area contributed by atoms with Crippen molar-refractivity contribution < 1.29 is 4.79 Å². The molecule has 2 fully saturated rings. The van der Waals surface area contributed by atoms with Crippen molar-refractivity contribution in [1.82, 2.24) is 10.2 Å². The number of carbonyl (C=O) groups excluding carboxylic acids is 1. The SMILES string of the molecule is C[C@H](NC(=O)N1CCSCC1)c1cccc(N2CCCC2)c1. The Morgan fingerprint density at radius 3 is 2.64 bits per heavy atom. The molecule has 0 aromatic heterocycles. The van der Waals surface area contributed by atoms with Gasteiger partial charge >= 0.3 is 6.03 Å². The van der Waals surface area contributed by atoms with Gasteiger partial charge in [-0.15, -0.1) is 0 Å². The summed E-state index contributed by atoms with van der Waals surface area (Å²) in [5.74, 6) is 2.10. The van der Waals surface area contributed by atoms with Gasteiger partial charge in [-0.05, 0) is 37.5 Å². The average Bonchev–Trinajstić information content (AvgIpc) is 3.10. The topological polar surface area (TPSA) is 35.6 Å². The smallest absolute Gasteiger partial charge is 0.317 e. The molecule has 1 aromatic carbocycles. The van der Waals surface area contributed by atoms with Crippen molar-refractivity contribution in [2.45, 2.75) is 25.8 Å². The number of anilines is 1. The van der Waals surface area contributed by atoms with Crippen LogP contribution in [-0.4, -0.2) is 48.6 Å². The summed E-state index contributed by atoms with van der Waals surface area (Å²) in [5.41, 5.74) is 2.47. The first-order valence-electron chi connectivity index (χ1n) is 8.22. The van der Waals surface area contributed by atoms with Gasteiger partial charge in [0, 0.05) is 43.4 Å². The van der Waals surface area contributed by atoms with Crippen molar-refractivity contribution in [2.24, 2.45) is 0 Å². The second kappa shape index (κ2) is 7.27. The lowest BCUT2D eigenvalue weighted by Gasteiger charge is -2.28. The third-order valence-electron chi connectivity index (χ3n) is 4.48. The average molecular weight is 319 g/mol. The minimum absolute atomic E-state index is 0.0460. The Morgan fingerprint density at radius 2 is 1.91 bits per heavy atom. The van der Waals surface area contributed by atoms with Crippen LogP contribution in [0.5, 0.6) is 0 Å². The fourth-order valence-corrected chi connectivity index (χ4v) is 4.00. The van der Waals surface area contributed by atoms with Gasteiger partial charge in [0.05, 0.1) is 6.04 Å². The third-order valence-corrected chi connectivity index (χ3v) is 5.42. The summed E-state index contributed by atoms with van der Waals surface area (Å²) >= 11 is 1.92. The second-order valence-electron chi connectivity index (χ2n) is 6.06. The summed E-state index contributed by atoms with van der Waals surface area (Å²) < 4.78 is 0. The van der Waals surface area contributed by atoms with E-state index in [1.54, 1.807) is 0 Å². The molecule has 0 unspecified atom stereocenters. The molecule has 0 saturated carbocycles. The summed E-state index contributed by atoms with van der Waals surface area (Å²) in [6.45, 7) is 6.08. The van der Waals surface area contributed by atoms with Crippen LogP contribution in [0.1, 0.15) is 31.4 Å². The third kappa shape index (κ3) is 3.69. The molecule has 5 heteroatoms. The molecule has 2 aliphatic heterocycles. The minimum Gasteiger partial charge on any atom is -0.372 e. The van der Waals surface area contributed by atoms with Crippen molar-refractivity contribution in [3.05, 3.63) is 29.8 Å². The fraction of sp³-hybridized carbons (Fsp3) is 0.588. The van der Waals surface area contributed by atoms with E-state index >= 15 is 0 Å². The van der Waals surface area contributed by atoms with E-state index in [0.29, 0.717) is 0 Å². The molecular weight excluding hydrogens is 294 g/mol. The van der Waals surface area contributed by atoms with Gasteiger partial charge in [-0.2, -0.15) is 11.8 Å². The number of benzene rings is 1. The van der Waals surface area contributed by atoms with E-state index in [1.807, 2.05) is 16.7 Å². The predicted molar refractivity (Wildman–Crippen MR) is 93.7 cm³/mol. The molecule has 120 valence electrons. The molecule has 1 aromatic rings. The van der Waals surface area contributed by atoms with Crippen LogP contribution < -0.4 is 10.2 Å². The number of nitrogens with one attached hydrogen (secondary N) is 1. The first kappa shape index (κ1) is 15.5. The maximum Gasteiger partial charge on any atom is 0.317 e. The molecule has 22 heavy (non-hydrogen) atoms. The summed E-state index contributed by atoms with van der Waals surface area (Å²) in [4.78, 5) is 16.7. The highest BCUT2D eigenvalue weighted by atomic mass is 32.2. The van der Waals surface area contributed by atoms with Crippen LogP contribution in [-0.2, 0) is 0 Å². The Bertz CT molecular complexity index is 510. The van der Waals surface area contributed by atoms with Gasteiger partial charge in [-0.3, -0.25) is 0 Å². The molecule has 2 aliphatic rings. The molecule has 2 heterocycles. The number of amides is 2. The minimum atomic E-state index is 0.0460. The van der Waals surface area contributed by atoms with E-state index in [0.717, 1.165) is 37.7 Å². The normalized spacial score (nSPS) is 20.0. The van der Waals surface area contributed by atoms with E-state index in [1.165, 1.54) is 24.1 Å². The first-order valence-corrected chi connectivity index (χ1v) is 9.37. The van der Waals surface area contributed by atoms with Crippen LogP contribution in [0.3, 0.4) is 0 Å². The molecule has 2 amide bonds. The lowest BCUT2D eigenvalue weighted by molar-refractivity contribution is 0.199. The zero-order chi connectivity index (χ0) is 15.4. The number of nitrogens with zero attached hydrogens (tertiary/aromatic N) is 2. The molecule has 2 saturated heterocycles. The van der Waals surface area contributed by atoms with Gasteiger partial charge in [-0.1, -0.05) is 12.1 Å². The molecule has 1 atom stereocenters. The lowest BCUT2D eigenvalue weighted by atomic mass is 10.1. The first-order chi connectivity index (χ1) is 10.7. The summed E-state index contributed by atoms with van der Waals surface area (Å²) in [5, 5.41) is 3.14. The van der Waals surface area contributed by atoms with E-state index in [4.69, 9.17) is 0 Å². The quantitative estimate of drug-likeness (QED) is 0.930. The molecular formula is C17H25N3OS. The van der Waals surface area contributed by atoms with Gasteiger partial charge in [-0.25, -0.2) is 4.79 Å². The monoisotopic (exact) mass is 319 g/mol. The Kier molecular flexibility index (Phi) is 5.13. The maximum absolute atomic E-state index is 12.3. The standard InChI is InChI=1S/C17H25N3OS/c1-14(18-17(21)20-9-11-22-12-10-20)15-5-4-6-16(13-15)19-7-2-3-8-19/h4-6,13-14H,2-3,7-12H2,1H3,(H,18,21)/t14-/m0/s1. The van der Waals surface area contributed by atoms with E-state index < -0.39 is 0 Å². The van der Waals surface area contributed by atoms with Crippen molar-refractivity contribution in [3.63, 3.8) is 0 Å². The van der Waals surface area contributed by atoms with Crippen LogP contribution in [0.2, 0.25) is 0 Å². The van der Waals surface area contributed by atoms with Crippen molar-refractivity contribution >= 4 is 23.5 Å². The number of hydrogen-bond donors (Lipinski definition) is 1. The molecule has 0 aliphatic carbocycles. The van der Waals surface area contributed by atoms with Gasteiger partial charge < -0.3 is 15.1 Å². The molecule has 0 spiro atoms. The van der Waals surface area contributed by atoms with Gasteiger partial charge in [0.2, 0.25) is 0 Å². The number of carbonyl (C=O) groups is 1. The van der Waals surface area contributed by atoms with E-state index in [2.05, 4.69) is 41.4 Å². The molecule has 3 rings (SSSR count). The highest BCUT2D eigenvalue weighted by Gasteiger charge is 2.19. The van der Waals surface area contributed by atoms with Gasteiger partial charge in [0.25, 0.3) is 0 Å². The molecule has 4 nitrogen and oxygen atoms in total. The Balaban J connectivity index is 1.62. The summed E-state index contributed by atoms with van der Waals surface area (Å²) in [7, 11) is 0. The summed E-state index contributed by atoms with van der Waals surface area (Å²) in [6.07, 6.45) is 2.56. The lowest BCUT2D eigenvalue weighted by Crippen LogP contribution is -2.45. The predicted octanol–water partition coefficient (Wildman–Crippen LogP) is 3.11. The number of hydrogen-bond acceptors (Lipinski definition) is 3. The molecule has 1 N–H and O–H groups in total. The van der Waals surface area contributed by atoms with Crippen molar-refractivity contribution in [2.75, 3.05) is 42.6 Å². The molecule has 0 radical (unpaired) electrons. The van der Waals surface area contributed by atoms with Gasteiger partial charge in [0.1, 0.15) is 0 Å². The number of thioether (sulfide) groups is 1. The fourth-order valence-electron chi connectivity index (χ4n) is 3.09. The van der Waals surface area contributed by atoms with E-state index in [9.17, 15) is 4.79 Å². The van der Waals surface area contributed by atoms with Crippen LogP contribution in [0.15, 0.2) is 24.3 Å². The van der Waals surface area contributed by atoms with Crippen LogP contribution in [0.4, 0.5) is 10.5 Å². The molecule has 0 bridgehead atoms. The zero-order valence-electron chi connectivity index (χ0n) is 13.3. The largest absolute Gasteiger partial charge is 0.372 e. The number of urea groups is 1. The zero-order valence-corrected chi connectivity index (χ0v) is 14.1. The van der Waals surface area contributed by atoms with E-state index in [-0.39, 0.29) is 12.1 Å². The summed E-state index contributed by atoms with van der Waals surface area (Å²) in [6, 6.07) is 8.72. The Hall–Kier alpha value is -1.36. The second-order valence-corrected chi connectivity index (χ2v) is 7.28. The van der Waals surface area contributed by atoms with Crippen LogP contribution >= 0.6 is 11.8 Å².